The fourth-order valence-corrected chi connectivity index (χ4v) is 2.16. The average molecular weight is 255 g/mol. The van der Waals surface area contributed by atoms with Gasteiger partial charge in [-0.25, -0.2) is 0 Å². The second-order valence-electron chi connectivity index (χ2n) is 5.04. The molecule has 1 fully saturated rings. The number of nitrogens with one attached hydrogen (secondary N) is 2. The van der Waals surface area contributed by atoms with E-state index in [0.717, 1.165) is 25.9 Å². The van der Waals surface area contributed by atoms with Crippen molar-refractivity contribution in [3.8, 4) is 0 Å². The summed E-state index contributed by atoms with van der Waals surface area (Å²) >= 11 is 0. The minimum absolute atomic E-state index is 0.0211. The van der Waals surface area contributed by atoms with E-state index in [1.165, 1.54) is 0 Å². The third-order valence-corrected chi connectivity index (χ3v) is 3.54. The van der Waals surface area contributed by atoms with Gasteiger partial charge in [0.05, 0.1) is 0 Å². The molecule has 18 heavy (non-hydrogen) atoms. The first-order chi connectivity index (χ1) is 8.54. The molecule has 2 amide bonds. The molecule has 5 heteroatoms. The maximum atomic E-state index is 11.8. The third kappa shape index (κ3) is 4.64. The molecule has 2 atom stereocenters. The SMILES string of the molecule is CCN(C)C(=O)C(C)NC(=O)CCC1CCNC1. The summed E-state index contributed by atoms with van der Waals surface area (Å²) in [4.78, 5) is 25.1. The van der Waals surface area contributed by atoms with Crippen LogP contribution in [0.15, 0.2) is 0 Å². The topological polar surface area (TPSA) is 61.4 Å². The highest BCUT2D eigenvalue weighted by Gasteiger charge is 2.20. The van der Waals surface area contributed by atoms with E-state index >= 15 is 0 Å². The Kier molecular flexibility index (Phi) is 6.12. The lowest BCUT2D eigenvalue weighted by molar-refractivity contribution is -0.134. The Hall–Kier alpha value is -1.10. The van der Waals surface area contributed by atoms with Crippen LogP contribution in [-0.2, 0) is 9.59 Å². The largest absolute Gasteiger partial charge is 0.345 e. The van der Waals surface area contributed by atoms with Crippen molar-refractivity contribution >= 4 is 11.8 Å². The molecule has 0 aromatic heterocycles. The summed E-state index contributed by atoms with van der Waals surface area (Å²) in [5.74, 6) is 0.556. The lowest BCUT2D eigenvalue weighted by atomic mass is 10.0. The summed E-state index contributed by atoms with van der Waals surface area (Å²) in [6.07, 6.45) is 2.57. The van der Waals surface area contributed by atoms with Crippen molar-refractivity contribution in [3.05, 3.63) is 0 Å². The second-order valence-corrected chi connectivity index (χ2v) is 5.04. The first kappa shape index (κ1) is 15.0. The Balaban J connectivity index is 2.24. The van der Waals surface area contributed by atoms with Crippen molar-refractivity contribution < 1.29 is 9.59 Å². The number of hydrogen-bond acceptors (Lipinski definition) is 3. The highest BCUT2D eigenvalue weighted by molar-refractivity contribution is 5.87. The fourth-order valence-electron chi connectivity index (χ4n) is 2.16. The van der Waals surface area contributed by atoms with Gasteiger partial charge in [0.1, 0.15) is 6.04 Å². The van der Waals surface area contributed by atoms with Crippen molar-refractivity contribution in [2.45, 2.75) is 39.2 Å². The number of amides is 2. The molecule has 0 radical (unpaired) electrons. The van der Waals surface area contributed by atoms with Gasteiger partial charge in [-0.2, -0.15) is 0 Å². The third-order valence-electron chi connectivity index (χ3n) is 3.54. The Bertz CT molecular complexity index is 288. The molecule has 0 aliphatic carbocycles. The normalized spacial score (nSPS) is 20.5. The molecule has 1 saturated heterocycles. The quantitative estimate of drug-likeness (QED) is 0.720. The van der Waals surface area contributed by atoms with Gasteiger partial charge >= 0.3 is 0 Å². The molecule has 1 aliphatic rings. The first-order valence-electron chi connectivity index (χ1n) is 6.79. The molecule has 0 spiro atoms. The van der Waals surface area contributed by atoms with E-state index in [-0.39, 0.29) is 11.8 Å². The van der Waals surface area contributed by atoms with E-state index in [2.05, 4.69) is 10.6 Å². The lowest BCUT2D eigenvalue weighted by Crippen LogP contribution is -2.45. The number of carbonyl (C=O) groups is 2. The van der Waals surface area contributed by atoms with E-state index in [0.29, 0.717) is 18.9 Å². The van der Waals surface area contributed by atoms with Crippen LogP contribution >= 0.6 is 0 Å². The van der Waals surface area contributed by atoms with Crippen LogP contribution in [-0.4, -0.2) is 49.4 Å². The van der Waals surface area contributed by atoms with Crippen LogP contribution < -0.4 is 10.6 Å². The Morgan fingerprint density at radius 1 is 1.50 bits per heavy atom. The van der Waals surface area contributed by atoms with Gasteiger partial charge < -0.3 is 15.5 Å². The summed E-state index contributed by atoms with van der Waals surface area (Å²) in [6.45, 7) is 6.39. The minimum atomic E-state index is -0.427. The molecule has 1 heterocycles. The minimum Gasteiger partial charge on any atom is -0.345 e. The highest BCUT2D eigenvalue weighted by Crippen LogP contribution is 2.14. The number of carbonyl (C=O) groups excluding carboxylic acids is 2. The molecule has 1 rings (SSSR count). The van der Waals surface area contributed by atoms with Crippen LogP contribution in [0.25, 0.3) is 0 Å². The number of hydrogen-bond donors (Lipinski definition) is 2. The fraction of sp³-hybridized carbons (Fsp3) is 0.846. The van der Waals surface area contributed by atoms with Gasteiger partial charge in [-0.15, -0.1) is 0 Å². The summed E-state index contributed by atoms with van der Waals surface area (Å²) in [5, 5.41) is 6.05. The molecule has 2 unspecified atom stereocenters. The van der Waals surface area contributed by atoms with Gasteiger partial charge in [-0.3, -0.25) is 9.59 Å². The molecule has 2 N–H and O–H groups in total. The summed E-state index contributed by atoms with van der Waals surface area (Å²) < 4.78 is 0. The van der Waals surface area contributed by atoms with Gasteiger partial charge in [0.25, 0.3) is 0 Å². The summed E-state index contributed by atoms with van der Waals surface area (Å²) in [7, 11) is 1.75. The molecule has 5 nitrogen and oxygen atoms in total. The number of nitrogens with zero attached hydrogens (tertiary/aromatic N) is 1. The van der Waals surface area contributed by atoms with Crippen molar-refractivity contribution in [2.24, 2.45) is 5.92 Å². The van der Waals surface area contributed by atoms with E-state index in [4.69, 9.17) is 0 Å². The standard InChI is InChI=1S/C13H25N3O2/c1-4-16(3)13(18)10(2)15-12(17)6-5-11-7-8-14-9-11/h10-11,14H,4-9H2,1-3H3,(H,15,17). The van der Waals surface area contributed by atoms with E-state index in [1.807, 2.05) is 6.92 Å². The van der Waals surface area contributed by atoms with Crippen LogP contribution in [0.3, 0.4) is 0 Å². The van der Waals surface area contributed by atoms with Crippen LogP contribution in [0.5, 0.6) is 0 Å². The molecule has 0 aromatic carbocycles. The van der Waals surface area contributed by atoms with Gasteiger partial charge in [0, 0.05) is 20.0 Å². The molecular formula is C13H25N3O2. The zero-order valence-corrected chi connectivity index (χ0v) is 11.7. The van der Waals surface area contributed by atoms with Crippen molar-refractivity contribution in [1.29, 1.82) is 0 Å². The van der Waals surface area contributed by atoms with E-state index < -0.39 is 6.04 Å². The average Bonchev–Trinajstić information content (AvgIpc) is 2.87. The zero-order valence-electron chi connectivity index (χ0n) is 11.7. The van der Waals surface area contributed by atoms with Crippen molar-refractivity contribution in [1.82, 2.24) is 15.5 Å². The van der Waals surface area contributed by atoms with Gasteiger partial charge in [0.15, 0.2) is 0 Å². The predicted octanol–water partition coefficient (Wildman–Crippen LogP) is 0.359. The van der Waals surface area contributed by atoms with Crippen LogP contribution in [0.4, 0.5) is 0 Å². The van der Waals surface area contributed by atoms with Crippen LogP contribution in [0.2, 0.25) is 0 Å². The monoisotopic (exact) mass is 255 g/mol. The molecular weight excluding hydrogens is 230 g/mol. The Morgan fingerprint density at radius 3 is 2.78 bits per heavy atom. The maximum Gasteiger partial charge on any atom is 0.244 e. The van der Waals surface area contributed by atoms with Gasteiger partial charge in [-0.05, 0) is 45.7 Å². The molecule has 1 aliphatic heterocycles. The predicted molar refractivity (Wildman–Crippen MR) is 71.1 cm³/mol. The highest BCUT2D eigenvalue weighted by atomic mass is 16.2. The summed E-state index contributed by atoms with van der Waals surface area (Å²) in [5.41, 5.74) is 0. The Morgan fingerprint density at radius 2 is 2.22 bits per heavy atom. The summed E-state index contributed by atoms with van der Waals surface area (Å²) in [6, 6.07) is -0.427. The van der Waals surface area contributed by atoms with Gasteiger partial charge in [0.2, 0.25) is 11.8 Å². The maximum absolute atomic E-state index is 11.8. The van der Waals surface area contributed by atoms with Crippen LogP contribution in [0.1, 0.15) is 33.1 Å². The number of likely N-dealkylation sites (N-methyl/N-ethyl adjacent to an activating group) is 1. The molecule has 104 valence electrons. The van der Waals surface area contributed by atoms with Gasteiger partial charge in [-0.1, -0.05) is 0 Å². The van der Waals surface area contributed by atoms with E-state index in [1.54, 1.807) is 18.9 Å². The van der Waals surface area contributed by atoms with Crippen LogP contribution in [0, 0.1) is 5.92 Å². The molecule has 0 bridgehead atoms. The second kappa shape index (κ2) is 7.36. The molecule has 0 saturated carbocycles. The van der Waals surface area contributed by atoms with E-state index in [9.17, 15) is 9.59 Å². The van der Waals surface area contributed by atoms with Crippen molar-refractivity contribution in [3.63, 3.8) is 0 Å². The zero-order chi connectivity index (χ0) is 13.5. The molecule has 0 aromatic rings. The first-order valence-corrected chi connectivity index (χ1v) is 6.79. The lowest BCUT2D eigenvalue weighted by Gasteiger charge is -2.20. The Labute approximate surface area is 109 Å². The smallest absolute Gasteiger partial charge is 0.244 e. The number of rotatable bonds is 6. The van der Waals surface area contributed by atoms with Crippen molar-refractivity contribution in [2.75, 3.05) is 26.7 Å².